The predicted molar refractivity (Wildman–Crippen MR) is 89.3 cm³/mol. The van der Waals surface area contributed by atoms with Gasteiger partial charge in [-0.15, -0.1) is 0 Å². The van der Waals surface area contributed by atoms with Crippen LogP contribution in [0.15, 0.2) is 36.4 Å². The van der Waals surface area contributed by atoms with Gasteiger partial charge in [-0.05, 0) is 30.2 Å². The number of aryl methyl sites for hydroxylation is 1. The smallest absolute Gasteiger partial charge is 0.224 e. The molecule has 2 aromatic carbocycles. The molecule has 6 heteroatoms. The molecule has 0 spiro atoms. The van der Waals surface area contributed by atoms with Gasteiger partial charge >= 0.3 is 0 Å². The highest BCUT2D eigenvalue weighted by molar-refractivity contribution is 6.39. The van der Waals surface area contributed by atoms with Crippen molar-refractivity contribution < 1.29 is 4.79 Å². The minimum atomic E-state index is -0.146. The number of hydrogen-bond donors (Lipinski definition) is 2. The van der Waals surface area contributed by atoms with Gasteiger partial charge < -0.3 is 11.1 Å². The highest BCUT2D eigenvalue weighted by Gasteiger charge is 2.09. The lowest BCUT2D eigenvalue weighted by Gasteiger charge is -2.09. The molecule has 0 aliphatic carbocycles. The molecule has 2 rings (SSSR count). The second-order valence-electron chi connectivity index (χ2n) is 4.49. The Balaban J connectivity index is 1.98. The molecule has 0 saturated heterocycles. The number of carbonyl (C=O) groups is 1. The summed E-state index contributed by atoms with van der Waals surface area (Å²) in [7, 11) is 0. The van der Waals surface area contributed by atoms with E-state index in [1.54, 1.807) is 18.2 Å². The Bertz CT molecular complexity index is 651. The Hall–Kier alpha value is -1.42. The molecule has 3 nitrogen and oxygen atoms in total. The number of anilines is 2. The molecule has 0 aromatic heterocycles. The van der Waals surface area contributed by atoms with E-state index < -0.39 is 0 Å². The number of nitrogens with two attached hydrogens (primary N) is 1. The van der Waals surface area contributed by atoms with Crippen LogP contribution >= 0.6 is 34.8 Å². The predicted octanol–water partition coefficient (Wildman–Crippen LogP) is 4.80. The van der Waals surface area contributed by atoms with Gasteiger partial charge in [0.15, 0.2) is 0 Å². The van der Waals surface area contributed by atoms with Crippen LogP contribution in [-0.2, 0) is 11.2 Å². The van der Waals surface area contributed by atoms with E-state index in [1.165, 1.54) is 0 Å². The third-order valence-electron chi connectivity index (χ3n) is 2.94. The Morgan fingerprint density at radius 1 is 1.05 bits per heavy atom. The number of hydrogen-bond acceptors (Lipinski definition) is 2. The molecule has 0 aliphatic heterocycles. The van der Waals surface area contributed by atoms with Crippen molar-refractivity contribution in [1.29, 1.82) is 0 Å². The van der Waals surface area contributed by atoms with E-state index in [4.69, 9.17) is 40.5 Å². The standard InChI is InChI=1S/C15H13Cl3N2O/c16-11-4-2-1-3-9(11)5-6-14(21)20-10-7-12(17)15(19)13(18)8-10/h1-4,7-8H,5-6,19H2,(H,20,21). The molecule has 0 aliphatic rings. The van der Waals surface area contributed by atoms with Crippen molar-refractivity contribution in [2.24, 2.45) is 0 Å². The van der Waals surface area contributed by atoms with Crippen LogP contribution in [0.2, 0.25) is 15.1 Å². The zero-order valence-corrected chi connectivity index (χ0v) is 13.3. The first-order valence-electron chi connectivity index (χ1n) is 6.25. The quantitative estimate of drug-likeness (QED) is 0.783. The Morgan fingerprint density at radius 3 is 2.29 bits per heavy atom. The molecule has 0 unspecified atom stereocenters. The Morgan fingerprint density at radius 2 is 1.67 bits per heavy atom. The fourth-order valence-electron chi connectivity index (χ4n) is 1.83. The number of nitrogen functional groups attached to an aromatic ring is 1. The summed E-state index contributed by atoms with van der Waals surface area (Å²) in [5.41, 5.74) is 7.39. The van der Waals surface area contributed by atoms with Gasteiger partial charge in [-0.3, -0.25) is 4.79 Å². The lowest BCUT2D eigenvalue weighted by atomic mass is 10.1. The molecule has 0 heterocycles. The molecular weight excluding hydrogens is 331 g/mol. The highest BCUT2D eigenvalue weighted by Crippen LogP contribution is 2.31. The fraction of sp³-hybridized carbons (Fsp3) is 0.133. The summed E-state index contributed by atoms with van der Waals surface area (Å²) < 4.78 is 0. The molecule has 110 valence electrons. The number of carbonyl (C=O) groups excluding carboxylic acids is 1. The maximum Gasteiger partial charge on any atom is 0.224 e. The number of halogens is 3. The van der Waals surface area contributed by atoms with Gasteiger partial charge in [0, 0.05) is 17.1 Å². The van der Waals surface area contributed by atoms with Gasteiger partial charge in [-0.2, -0.15) is 0 Å². The van der Waals surface area contributed by atoms with Crippen LogP contribution in [-0.4, -0.2) is 5.91 Å². The molecule has 21 heavy (non-hydrogen) atoms. The van der Waals surface area contributed by atoms with Gasteiger partial charge in [0.05, 0.1) is 15.7 Å². The van der Waals surface area contributed by atoms with E-state index in [0.717, 1.165) is 5.56 Å². The van der Waals surface area contributed by atoms with Crippen LogP contribution in [0.3, 0.4) is 0 Å². The summed E-state index contributed by atoms with van der Waals surface area (Å²) in [6.45, 7) is 0. The van der Waals surface area contributed by atoms with Crippen LogP contribution in [0.5, 0.6) is 0 Å². The largest absolute Gasteiger partial charge is 0.396 e. The normalized spacial score (nSPS) is 10.4. The zero-order valence-electron chi connectivity index (χ0n) is 11.0. The first-order valence-corrected chi connectivity index (χ1v) is 7.38. The molecule has 3 N–H and O–H groups in total. The van der Waals surface area contributed by atoms with E-state index in [0.29, 0.717) is 39.3 Å². The summed E-state index contributed by atoms with van der Waals surface area (Å²) in [5, 5.41) is 4.01. The number of nitrogens with one attached hydrogen (secondary N) is 1. The molecule has 0 bridgehead atoms. The van der Waals surface area contributed by atoms with Crippen molar-refractivity contribution in [3.63, 3.8) is 0 Å². The van der Waals surface area contributed by atoms with Gasteiger partial charge in [-0.25, -0.2) is 0 Å². The fourth-order valence-corrected chi connectivity index (χ4v) is 2.55. The monoisotopic (exact) mass is 342 g/mol. The van der Waals surface area contributed by atoms with Crippen LogP contribution < -0.4 is 11.1 Å². The molecule has 1 amide bonds. The van der Waals surface area contributed by atoms with Crippen molar-refractivity contribution >= 4 is 52.1 Å². The molecule has 0 radical (unpaired) electrons. The summed E-state index contributed by atoms with van der Waals surface area (Å²) in [6.07, 6.45) is 0.866. The highest BCUT2D eigenvalue weighted by atomic mass is 35.5. The van der Waals surface area contributed by atoms with Crippen LogP contribution in [0.25, 0.3) is 0 Å². The molecule has 0 saturated carbocycles. The second-order valence-corrected chi connectivity index (χ2v) is 5.71. The van der Waals surface area contributed by atoms with Crippen molar-refractivity contribution in [2.45, 2.75) is 12.8 Å². The minimum Gasteiger partial charge on any atom is -0.396 e. The topological polar surface area (TPSA) is 55.1 Å². The van der Waals surface area contributed by atoms with Crippen LogP contribution in [0, 0.1) is 0 Å². The Kier molecular flexibility index (Phi) is 5.34. The van der Waals surface area contributed by atoms with Crippen molar-refractivity contribution in [3.05, 3.63) is 57.0 Å². The molecule has 0 fully saturated rings. The SMILES string of the molecule is Nc1c(Cl)cc(NC(=O)CCc2ccccc2Cl)cc1Cl. The van der Waals surface area contributed by atoms with Crippen molar-refractivity contribution in [2.75, 3.05) is 11.1 Å². The Labute approximate surface area is 138 Å². The van der Waals surface area contributed by atoms with E-state index in [9.17, 15) is 4.79 Å². The van der Waals surface area contributed by atoms with Crippen molar-refractivity contribution in [1.82, 2.24) is 0 Å². The first-order chi connectivity index (χ1) is 9.97. The van der Waals surface area contributed by atoms with E-state index in [1.807, 2.05) is 18.2 Å². The lowest BCUT2D eigenvalue weighted by molar-refractivity contribution is -0.116. The maximum atomic E-state index is 11.9. The summed E-state index contributed by atoms with van der Waals surface area (Å²) in [4.78, 5) is 11.9. The van der Waals surface area contributed by atoms with Gasteiger partial charge in [-0.1, -0.05) is 53.0 Å². The van der Waals surface area contributed by atoms with Crippen LogP contribution in [0.4, 0.5) is 11.4 Å². The van der Waals surface area contributed by atoms with Crippen molar-refractivity contribution in [3.8, 4) is 0 Å². The van der Waals surface area contributed by atoms with E-state index in [2.05, 4.69) is 5.32 Å². The van der Waals surface area contributed by atoms with Gasteiger partial charge in [0.2, 0.25) is 5.91 Å². The zero-order chi connectivity index (χ0) is 15.4. The molecular formula is C15H13Cl3N2O. The minimum absolute atomic E-state index is 0.146. The number of rotatable bonds is 4. The number of amides is 1. The van der Waals surface area contributed by atoms with Gasteiger partial charge in [0.1, 0.15) is 0 Å². The molecule has 2 aromatic rings. The average molecular weight is 344 g/mol. The third-order valence-corrected chi connectivity index (χ3v) is 3.94. The van der Waals surface area contributed by atoms with Gasteiger partial charge in [0.25, 0.3) is 0 Å². The summed E-state index contributed by atoms with van der Waals surface area (Å²) in [5.74, 6) is -0.146. The van der Waals surface area contributed by atoms with E-state index >= 15 is 0 Å². The maximum absolute atomic E-state index is 11.9. The average Bonchev–Trinajstić information content (AvgIpc) is 2.44. The summed E-state index contributed by atoms with van der Waals surface area (Å²) in [6, 6.07) is 10.6. The first kappa shape index (κ1) is 16.0. The van der Waals surface area contributed by atoms with Crippen LogP contribution in [0.1, 0.15) is 12.0 Å². The second kappa shape index (κ2) is 7.03. The molecule has 0 atom stereocenters. The number of benzene rings is 2. The van der Waals surface area contributed by atoms with E-state index in [-0.39, 0.29) is 5.91 Å². The lowest BCUT2D eigenvalue weighted by Crippen LogP contribution is -2.12. The third kappa shape index (κ3) is 4.27. The summed E-state index contributed by atoms with van der Waals surface area (Å²) >= 11 is 17.9.